The number of ether oxygens (including phenoxy) is 2. The van der Waals surface area contributed by atoms with Gasteiger partial charge in [-0.1, -0.05) is 97.9 Å². The maximum Gasteiger partial charge on any atom is 0.311 e. The van der Waals surface area contributed by atoms with Gasteiger partial charge in [0.2, 0.25) is 0 Å². The van der Waals surface area contributed by atoms with Crippen molar-refractivity contribution in [1.29, 1.82) is 0 Å². The molecule has 57 heavy (non-hydrogen) atoms. The Kier molecular flexibility index (Phi) is 31.4. The number of carbonyl (C=O) groups excluding carboxylic acids is 1. The van der Waals surface area contributed by atoms with E-state index in [1.54, 1.807) is 36.4 Å². The summed E-state index contributed by atoms with van der Waals surface area (Å²) in [6.07, 6.45) is 0.214. The average molecular weight is 792 g/mol. The first-order valence-corrected chi connectivity index (χ1v) is 20.6. The van der Waals surface area contributed by atoms with Gasteiger partial charge in [-0.25, -0.2) is 0 Å². The second kappa shape index (κ2) is 31.5. The number of rotatable bonds is 9. The summed E-state index contributed by atoms with van der Waals surface area (Å²) >= 11 is 0. The highest BCUT2D eigenvalue weighted by Crippen LogP contribution is 2.25. The molecule has 8 nitrogen and oxygen atoms in total. The van der Waals surface area contributed by atoms with E-state index in [2.05, 4.69) is 79.8 Å². The van der Waals surface area contributed by atoms with E-state index in [-0.39, 0.29) is 41.5 Å². The van der Waals surface area contributed by atoms with Crippen LogP contribution in [0.1, 0.15) is 129 Å². The highest BCUT2D eigenvalue weighted by molar-refractivity contribution is 5.72. The first kappa shape index (κ1) is 56.8. The minimum atomic E-state index is -0.285. The van der Waals surface area contributed by atoms with Crippen LogP contribution in [-0.4, -0.2) is 46.6 Å². The lowest BCUT2D eigenvalue weighted by atomic mass is 10.1. The Labute approximate surface area is 349 Å². The van der Waals surface area contributed by atoms with Gasteiger partial charge in [0.25, 0.3) is 0 Å². The molecular weight excluding hydrogens is 711 g/mol. The maximum absolute atomic E-state index is 11.5. The SMILES string of the molecule is CC.CC.CC.CC.CC(C)(C)NCOC(=O)Cc1ccc(O)cc1.CC(C)(C)OCc1ccc(O)cc1.CN(c1ccc(Nc2ccccc2)cc1)C(C)(C)C. The van der Waals surface area contributed by atoms with Gasteiger partial charge in [-0.2, -0.15) is 0 Å². The Hall–Kier alpha value is -4.53. The van der Waals surface area contributed by atoms with Crippen LogP contribution in [0.15, 0.2) is 103 Å². The zero-order valence-electron chi connectivity index (χ0n) is 39.0. The summed E-state index contributed by atoms with van der Waals surface area (Å²) in [5.74, 6) is 0.198. The zero-order valence-corrected chi connectivity index (χ0v) is 39.0. The molecule has 0 fully saturated rings. The molecule has 4 rings (SSSR count). The zero-order chi connectivity index (χ0) is 44.7. The van der Waals surface area contributed by atoms with Gasteiger partial charge in [0.1, 0.15) is 18.2 Å². The highest BCUT2D eigenvalue weighted by Gasteiger charge is 2.17. The molecular formula is C49H81N3O5. The standard InChI is InChI=1S/C17H22N2.C13H19NO3.C11H16O2.4C2H6/c1-17(2,3)19(4)16-12-10-15(11-13-16)18-14-8-6-5-7-9-14;1-13(2,3)14-9-17-12(16)8-10-4-6-11(15)7-5-10;1-11(2,3)13-8-9-4-6-10(12)7-5-9;4*1-2/h5-13,18H,1-4H3;4-7,14-15H,8-9H2,1-3H3;4-7,12H,8H2,1-3H3;4*1-2H3. The van der Waals surface area contributed by atoms with Gasteiger partial charge in [-0.05, 0) is 134 Å². The number of benzene rings is 4. The first-order chi connectivity index (χ1) is 26.8. The summed E-state index contributed by atoms with van der Waals surface area (Å²) in [6, 6.07) is 32.3. The largest absolute Gasteiger partial charge is 0.508 e. The minimum Gasteiger partial charge on any atom is -0.508 e. The van der Waals surface area contributed by atoms with Crippen molar-refractivity contribution in [1.82, 2.24) is 5.32 Å². The predicted molar refractivity (Wildman–Crippen MR) is 248 cm³/mol. The number of phenols is 2. The van der Waals surface area contributed by atoms with Crippen LogP contribution in [0.5, 0.6) is 11.5 Å². The average Bonchev–Trinajstić information content (AvgIpc) is 3.18. The number of para-hydroxylation sites is 1. The van der Waals surface area contributed by atoms with Crippen molar-refractivity contribution >= 4 is 23.0 Å². The van der Waals surface area contributed by atoms with E-state index in [9.17, 15) is 4.79 Å². The van der Waals surface area contributed by atoms with Crippen molar-refractivity contribution in [2.75, 3.05) is 24.0 Å². The lowest BCUT2D eigenvalue weighted by Gasteiger charge is -2.34. The summed E-state index contributed by atoms with van der Waals surface area (Å²) in [4.78, 5) is 13.7. The van der Waals surface area contributed by atoms with Crippen LogP contribution in [0.25, 0.3) is 0 Å². The molecule has 0 unspecified atom stereocenters. The molecule has 0 atom stereocenters. The first-order valence-electron chi connectivity index (χ1n) is 20.6. The van der Waals surface area contributed by atoms with Gasteiger partial charge in [-0.15, -0.1) is 0 Å². The summed E-state index contributed by atoms with van der Waals surface area (Å²) in [5.41, 5.74) is 5.30. The number of esters is 1. The van der Waals surface area contributed by atoms with E-state index in [0.29, 0.717) is 12.4 Å². The molecule has 0 radical (unpaired) electrons. The van der Waals surface area contributed by atoms with Crippen LogP contribution in [0.3, 0.4) is 0 Å². The summed E-state index contributed by atoms with van der Waals surface area (Å²) in [7, 11) is 2.12. The molecule has 322 valence electrons. The molecule has 0 aliphatic heterocycles. The van der Waals surface area contributed by atoms with Crippen molar-refractivity contribution < 1.29 is 24.5 Å². The van der Waals surface area contributed by atoms with Crippen LogP contribution >= 0.6 is 0 Å². The molecule has 0 bridgehead atoms. The molecule has 0 aliphatic rings. The Morgan fingerprint density at radius 2 is 1.02 bits per heavy atom. The monoisotopic (exact) mass is 792 g/mol. The van der Waals surface area contributed by atoms with Crippen molar-refractivity contribution in [2.45, 2.75) is 147 Å². The lowest BCUT2D eigenvalue weighted by Crippen LogP contribution is -2.38. The number of carbonyl (C=O) groups is 1. The molecule has 0 saturated carbocycles. The molecule has 4 N–H and O–H groups in total. The second-order valence-corrected chi connectivity index (χ2v) is 14.8. The van der Waals surface area contributed by atoms with E-state index >= 15 is 0 Å². The quantitative estimate of drug-likeness (QED) is 0.0981. The van der Waals surface area contributed by atoms with E-state index in [1.165, 1.54) is 5.69 Å². The fourth-order valence-corrected chi connectivity index (χ4v) is 3.90. The summed E-state index contributed by atoms with van der Waals surface area (Å²) in [5, 5.41) is 24.6. The van der Waals surface area contributed by atoms with Crippen molar-refractivity contribution in [3.05, 3.63) is 114 Å². The van der Waals surface area contributed by atoms with Gasteiger partial charge in [-0.3, -0.25) is 10.1 Å². The van der Waals surface area contributed by atoms with Crippen LogP contribution in [0, 0.1) is 0 Å². The van der Waals surface area contributed by atoms with Gasteiger partial charge < -0.3 is 29.9 Å². The van der Waals surface area contributed by atoms with E-state index in [4.69, 9.17) is 19.7 Å². The number of nitrogens with zero attached hydrogens (tertiary/aromatic N) is 1. The molecule has 0 saturated heterocycles. The van der Waals surface area contributed by atoms with Gasteiger partial charge in [0, 0.05) is 35.2 Å². The van der Waals surface area contributed by atoms with Gasteiger partial charge >= 0.3 is 5.97 Å². The van der Waals surface area contributed by atoms with Crippen LogP contribution in [-0.2, 0) is 27.3 Å². The molecule has 0 aromatic heterocycles. The van der Waals surface area contributed by atoms with Crippen molar-refractivity contribution in [2.24, 2.45) is 0 Å². The minimum absolute atomic E-state index is 0.0706. The number of aromatic hydroxyl groups is 2. The van der Waals surface area contributed by atoms with E-state index < -0.39 is 0 Å². The molecule has 0 heterocycles. The molecule has 8 heteroatoms. The van der Waals surface area contributed by atoms with Crippen molar-refractivity contribution in [3.8, 4) is 11.5 Å². The van der Waals surface area contributed by atoms with Crippen LogP contribution in [0.4, 0.5) is 17.1 Å². The maximum atomic E-state index is 11.5. The third kappa shape index (κ3) is 30.3. The topological polar surface area (TPSA) is 103 Å². The normalized spacial score (nSPS) is 10.1. The summed E-state index contributed by atoms with van der Waals surface area (Å²) in [6.45, 7) is 35.5. The highest BCUT2D eigenvalue weighted by atomic mass is 16.5. The lowest BCUT2D eigenvalue weighted by molar-refractivity contribution is -0.144. The molecule has 4 aromatic rings. The number of anilines is 3. The fraction of sp³-hybridized carbons (Fsp3) is 0.490. The van der Waals surface area contributed by atoms with Crippen molar-refractivity contribution in [3.63, 3.8) is 0 Å². The Balaban J connectivity index is -0.000000713. The Bertz CT molecular complexity index is 1500. The molecule has 0 spiro atoms. The van der Waals surface area contributed by atoms with Crippen LogP contribution < -0.4 is 15.5 Å². The third-order valence-corrected chi connectivity index (χ3v) is 7.05. The van der Waals surface area contributed by atoms with Gasteiger partial charge in [0.15, 0.2) is 0 Å². The van der Waals surface area contributed by atoms with Crippen LogP contribution in [0.2, 0.25) is 0 Å². The number of nitrogens with one attached hydrogen (secondary N) is 2. The number of phenolic OH excluding ortho intramolecular Hbond substituents is 2. The Morgan fingerprint density at radius 3 is 1.42 bits per heavy atom. The third-order valence-electron chi connectivity index (χ3n) is 7.05. The fourth-order valence-electron chi connectivity index (χ4n) is 3.90. The number of hydrogen-bond donors (Lipinski definition) is 4. The second-order valence-electron chi connectivity index (χ2n) is 14.8. The molecule has 0 amide bonds. The van der Waals surface area contributed by atoms with E-state index in [0.717, 1.165) is 22.5 Å². The smallest absolute Gasteiger partial charge is 0.311 e. The number of hydrogen-bond acceptors (Lipinski definition) is 8. The molecule has 0 aliphatic carbocycles. The molecule has 4 aromatic carbocycles. The predicted octanol–water partition coefficient (Wildman–Crippen LogP) is 13.3. The van der Waals surface area contributed by atoms with E-state index in [1.807, 2.05) is 127 Å². The summed E-state index contributed by atoms with van der Waals surface area (Å²) < 4.78 is 10.6. The Morgan fingerprint density at radius 1 is 0.596 bits per heavy atom. The van der Waals surface area contributed by atoms with Gasteiger partial charge in [0.05, 0.1) is 18.6 Å².